The molecule has 0 aromatic carbocycles. The van der Waals surface area contributed by atoms with Crippen molar-refractivity contribution < 1.29 is 9.53 Å². The van der Waals surface area contributed by atoms with Crippen LogP contribution >= 0.6 is 11.3 Å². The minimum absolute atomic E-state index is 0.00490. The molecule has 1 unspecified atom stereocenters. The highest BCUT2D eigenvalue weighted by Crippen LogP contribution is 2.17. The number of ether oxygens (including phenoxy) is 1. The van der Waals surface area contributed by atoms with E-state index in [1.807, 2.05) is 6.07 Å². The number of hydrogen-bond acceptors (Lipinski definition) is 4. The van der Waals surface area contributed by atoms with Crippen LogP contribution in [0.5, 0.6) is 0 Å². The second kappa shape index (κ2) is 6.55. The lowest BCUT2D eigenvalue weighted by Crippen LogP contribution is -2.25. The number of thiophene rings is 1. The Morgan fingerprint density at radius 3 is 3.13 bits per heavy atom. The second-order valence-electron chi connectivity index (χ2n) is 3.21. The molecule has 1 rings (SSSR count). The fourth-order valence-electron chi connectivity index (χ4n) is 1.16. The van der Waals surface area contributed by atoms with Gasteiger partial charge in [-0.3, -0.25) is 4.79 Å². The molecular formula is C10H16N2O2S. The standard InChI is InChI=1S/C10H16N2O2S/c1-8(9-3-2-6-15-9)12-4-5-14-7-10(11)13/h2-3,6,8,12H,4-5,7H2,1H3,(H2,11,13). The Balaban J connectivity index is 2.08. The van der Waals surface area contributed by atoms with E-state index < -0.39 is 5.91 Å². The molecule has 0 fully saturated rings. The summed E-state index contributed by atoms with van der Waals surface area (Å²) in [6.45, 7) is 3.31. The van der Waals surface area contributed by atoms with E-state index in [1.165, 1.54) is 4.88 Å². The minimum Gasteiger partial charge on any atom is -0.370 e. The van der Waals surface area contributed by atoms with Gasteiger partial charge in [-0.05, 0) is 18.4 Å². The summed E-state index contributed by atoms with van der Waals surface area (Å²) in [5, 5.41) is 5.34. The van der Waals surface area contributed by atoms with E-state index in [0.29, 0.717) is 19.2 Å². The van der Waals surface area contributed by atoms with Gasteiger partial charge in [0, 0.05) is 17.5 Å². The van der Waals surface area contributed by atoms with Crippen LogP contribution < -0.4 is 11.1 Å². The Morgan fingerprint density at radius 1 is 1.73 bits per heavy atom. The maximum Gasteiger partial charge on any atom is 0.243 e. The Bertz CT molecular complexity index is 288. The van der Waals surface area contributed by atoms with Gasteiger partial charge in [0.25, 0.3) is 0 Å². The lowest BCUT2D eigenvalue weighted by molar-refractivity contribution is -0.122. The number of nitrogens with one attached hydrogen (secondary N) is 1. The largest absolute Gasteiger partial charge is 0.370 e. The normalized spacial score (nSPS) is 12.6. The van der Waals surface area contributed by atoms with E-state index in [4.69, 9.17) is 10.5 Å². The molecule has 0 radical (unpaired) electrons. The smallest absolute Gasteiger partial charge is 0.243 e. The molecule has 5 heteroatoms. The highest BCUT2D eigenvalue weighted by atomic mass is 32.1. The third kappa shape index (κ3) is 4.92. The summed E-state index contributed by atoms with van der Waals surface area (Å²) < 4.78 is 5.03. The molecule has 15 heavy (non-hydrogen) atoms. The van der Waals surface area contributed by atoms with Gasteiger partial charge in [-0.25, -0.2) is 0 Å². The zero-order valence-electron chi connectivity index (χ0n) is 8.73. The summed E-state index contributed by atoms with van der Waals surface area (Å²) in [5.74, 6) is -0.429. The SMILES string of the molecule is CC(NCCOCC(N)=O)c1cccs1. The molecule has 1 heterocycles. The third-order valence-electron chi connectivity index (χ3n) is 1.91. The molecule has 0 spiro atoms. The molecule has 0 aliphatic heterocycles. The van der Waals surface area contributed by atoms with Crippen molar-refractivity contribution in [1.82, 2.24) is 5.32 Å². The van der Waals surface area contributed by atoms with Crippen molar-refractivity contribution in [3.8, 4) is 0 Å². The maximum absolute atomic E-state index is 10.4. The van der Waals surface area contributed by atoms with Crippen molar-refractivity contribution in [2.24, 2.45) is 5.73 Å². The van der Waals surface area contributed by atoms with Gasteiger partial charge in [0.15, 0.2) is 0 Å². The number of hydrogen-bond donors (Lipinski definition) is 2. The van der Waals surface area contributed by atoms with Crippen molar-refractivity contribution in [3.63, 3.8) is 0 Å². The molecule has 4 nitrogen and oxygen atoms in total. The van der Waals surface area contributed by atoms with Gasteiger partial charge in [-0.1, -0.05) is 6.07 Å². The van der Waals surface area contributed by atoms with Gasteiger partial charge in [0.05, 0.1) is 6.61 Å². The van der Waals surface area contributed by atoms with Gasteiger partial charge in [0.2, 0.25) is 5.91 Å². The number of rotatable bonds is 7. The summed E-state index contributed by atoms with van der Waals surface area (Å²) >= 11 is 1.72. The van der Waals surface area contributed by atoms with Crippen LogP contribution in [-0.2, 0) is 9.53 Å². The van der Waals surface area contributed by atoms with E-state index in [1.54, 1.807) is 11.3 Å². The average molecular weight is 228 g/mol. The molecule has 0 saturated heterocycles. The predicted octanol–water partition coefficient (Wildman–Crippen LogP) is 0.901. The molecule has 1 atom stereocenters. The number of primary amides is 1. The first-order valence-electron chi connectivity index (χ1n) is 4.83. The topological polar surface area (TPSA) is 64.3 Å². The van der Waals surface area contributed by atoms with Crippen LogP contribution in [0.4, 0.5) is 0 Å². The van der Waals surface area contributed by atoms with Crippen molar-refractivity contribution in [2.75, 3.05) is 19.8 Å². The van der Waals surface area contributed by atoms with Gasteiger partial charge < -0.3 is 15.8 Å². The summed E-state index contributed by atoms with van der Waals surface area (Å²) in [5.41, 5.74) is 4.93. The third-order valence-corrected chi connectivity index (χ3v) is 2.97. The van der Waals surface area contributed by atoms with Gasteiger partial charge >= 0.3 is 0 Å². The van der Waals surface area contributed by atoms with Crippen molar-refractivity contribution in [3.05, 3.63) is 22.4 Å². The van der Waals surface area contributed by atoms with Crippen molar-refractivity contribution in [1.29, 1.82) is 0 Å². The molecule has 0 bridgehead atoms. The number of carbonyl (C=O) groups is 1. The van der Waals surface area contributed by atoms with Crippen LogP contribution in [0.2, 0.25) is 0 Å². The summed E-state index contributed by atoms with van der Waals surface area (Å²) in [6, 6.07) is 4.44. The zero-order chi connectivity index (χ0) is 11.1. The average Bonchev–Trinajstić information content (AvgIpc) is 2.69. The minimum atomic E-state index is -0.429. The van der Waals surface area contributed by atoms with E-state index >= 15 is 0 Å². The maximum atomic E-state index is 10.4. The summed E-state index contributed by atoms with van der Waals surface area (Å²) in [7, 11) is 0. The van der Waals surface area contributed by atoms with Crippen LogP contribution in [0.15, 0.2) is 17.5 Å². The number of nitrogens with two attached hydrogens (primary N) is 1. The fraction of sp³-hybridized carbons (Fsp3) is 0.500. The first-order chi connectivity index (χ1) is 7.20. The fourth-order valence-corrected chi connectivity index (χ4v) is 1.92. The second-order valence-corrected chi connectivity index (χ2v) is 4.19. The van der Waals surface area contributed by atoms with Crippen LogP contribution in [-0.4, -0.2) is 25.7 Å². The van der Waals surface area contributed by atoms with Crippen molar-refractivity contribution in [2.45, 2.75) is 13.0 Å². The monoisotopic (exact) mass is 228 g/mol. The van der Waals surface area contributed by atoms with E-state index in [9.17, 15) is 4.79 Å². The molecule has 1 amide bonds. The number of amides is 1. The Morgan fingerprint density at radius 2 is 2.53 bits per heavy atom. The highest BCUT2D eigenvalue weighted by molar-refractivity contribution is 7.10. The molecule has 84 valence electrons. The van der Waals surface area contributed by atoms with Gasteiger partial charge in [0.1, 0.15) is 6.61 Å². The molecule has 3 N–H and O–H groups in total. The lowest BCUT2D eigenvalue weighted by Gasteiger charge is -2.11. The highest BCUT2D eigenvalue weighted by Gasteiger charge is 2.04. The molecule has 0 saturated carbocycles. The number of carbonyl (C=O) groups excluding carboxylic acids is 1. The Hall–Kier alpha value is -0.910. The molecule has 0 aliphatic carbocycles. The molecular weight excluding hydrogens is 212 g/mol. The van der Waals surface area contributed by atoms with E-state index in [-0.39, 0.29) is 6.61 Å². The molecule has 1 aromatic heterocycles. The first kappa shape index (κ1) is 12.2. The van der Waals surface area contributed by atoms with Crippen molar-refractivity contribution >= 4 is 17.2 Å². The molecule has 0 aliphatic rings. The van der Waals surface area contributed by atoms with E-state index in [0.717, 1.165) is 0 Å². The summed E-state index contributed by atoms with van der Waals surface area (Å²) in [6.07, 6.45) is 0. The summed E-state index contributed by atoms with van der Waals surface area (Å²) in [4.78, 5) is 11.7. The quantitative estimate of drug-likeness (QED) is 0.681. The van der Waals surface area contributed by atoms with Gasteiger partial charge in [-0.15, -0.1) is 11.3 Å². The van der Waals surface area contributed by atoms with Crippen LogP contribution in [0, 0.1) is 0 Å². The van der Waals surface area contributed by atoms with E-state index in [2.05, 4.69) is 23.7 Å². The van der Waals surface area contributed by atoms with Crippen LogP contribution in [0.3, 0.4) is 0 Å². The Labute approximate surface area is 93.4 Å². The predicted molar refractivity (Wildman–Crippen MR) is 60.8 cm³/mol. The van der Waals surface area contributed by atoms with Gasteiger partial charge in [-0.2, -0.15) is 0 Å². The first-order valence-corrected chi connectivity index (χ1v) is 5.71. The lowest BCUT2D eigenvalue weighted by atomic mass is 10.3. The van der Waals surface area contributed by atoms with Crippen LogP contribution in [0.1, 0.15) is 17.8 Å². The zero-order valence-corrected chi connectivity index (χ0v) is 9.55. The Kier molecular flexibility index (Phi) is 5.31. The molecule has 1 aromatic rings. The van der Waals surface area contributed by atoms with Crippen LogP contribution in [0.25, 0.3) is 0 Å².